The molecule has 0 aliphatic carbocycles. The highest BCUT2D eigenvalue weighted by atomic mass is 35.5. The van der Waals surface area contributed by atoms with E-state index >= 15 is 0 Å². The van der Waals surface area contributed by atoms with Gasteiger partial charge in [0.1, 0.15) is 0 Å². The molecule has 0 saturated carbocycles. The number of aromatic nitrogens is 2. The third-order valence-corrected chi connectivity index (χ3v) is 6.66. The van der Waals surface area contributed by atoms with Crippen LogP contribution in [0.5, 0.6) is 0 Å². The van der Waals surface area contributed by atoms with Crippen molar-refractivity contribution in [2.45, 2.75) is 38.9 Å². The van der Waals surface area contributed by atoms with Crippen LogP contribution in [0.15, 0.2) is 47.5 Å². The van der Waals surface area contributed by atoms with Crippen LogP contribution in [0.4, 0.5) is 18.0 Å². The summed E-state index contributed by atoms with van der Waals surface area (Å²) in [5, 5.41) is 4.70. The summed E-state index contributed by atoms with van der Waals surface area (Å²) in [5.74, 6) is -0.302. The maximum Gasteiger partial charge on any atom is 0.416 e. The molecule has 0 radical (unpaired) electrons. The topological polar surface area (TPSA) is 55.2 Å². The largest absolute Gasteiger partial charge is 0.416 e. The van der Waals surface area contributed by atoms with Crippen molar-refractivity contribution >= 4 is 51.5 Å². The van der Waals surface area contributed by atoms with Gasteiger partial charge in [-0.05, 0) is 59.7 Å². The lowest BCUT2D eigenvalue weighted by molar-refractivity contribution is -0.138. The van der Waals surface area contributed by atoms with Crippen LogP contribution in [0.1, 0.15) is 42.9 Å². The summed E-state index contributed by atoms with van der Waals surface area (Å²) in [5.41, 5.74) is 0.610. The third kappa shape index (κ3) is 5.15. The monoisotopic (exact) mass is 507 g/mol. The molecule has 1 aliphatic heterocycles. The molecule has 1 aliphatic rings. The van der Waals surface area contributed by atoms with Crippen molar-refractivity contribution in [1.82, 2.24) is 14.7 Å². The van der Waals surface area contributed by atoms with E-state index in [2.05, 4.69) is 12.0 Å². The molecule has 2 heterocycles. The second kappa shape index (κ2) is 9.84. The Morgan fingerprint density at radius 2 is 1.91 bits per heavy atom. The number of halogens is 4. The van der Waals surface area contributed by atoms with Gasteiger partial charge < -0.3 is 0 Å². The van der Waals surface area contributed by atoms with Crippen molar-refractivity contribution in [3.63, 3.8) is 0 Å². The molecule has 0 bridgehead atoms. The van der Waals surface area contributed by atoms with Gasteiger partial charge in [-0.15, -0.1) is 0 Å². The predicted octanol–water partition coefficient (Wildman–Crippen LogP) is 6.98. The summed E-state index contributed by atoms with van der Waals surface area (Å²) in [6.07, 6.45) is 1.40. The number of alkyl halides is 3. The number of nitrogens with zero attached hydrogens (tertiary/aromatic N) is 3. The van der Waals surface area contributed by atoms with E-state index in [4.69, 9.17) is 11.6 Å². The molecular formula is C24H21ClF3N3O2S. The van der Waals surface area contributed by atoms with Crippen LogP contribution in [0, 0.1) is 0 Å². The van der Waals surface area contributed by atoms with E-state index in [0.717, 1.165) is 37.1 Å². The third-order valence-electron chi connectivity index (χ3n) is 5.52. The Labute approximate surface area is 203 Å². The van der Waals surface area contributed by atoms with Gasteiger partial charge in [-0.3, -0.25) is 19.2 Å². The highest BCUT2D eigenvalue weighted by Crippen LogP contribution is 2.35. The summed E-state index contributed by atoms with van der Waals surface area (Å²) < 4.78 is 41.8. The van der Waals surface area contributed by atoms with E-state index in [-0.39, 0.29) is 28.3 Å². The number of imide groups is 1. The molecule has 2 aromatic carbocycles. The van der Waals surface area contributed by atoms with Gasteiger partial charge in [0.25, 0.3) is 11.1 Å². The second-order valence-corrected chi connectivity index (χ2v) is 9.39. The summed E-state index contributed by atoms with van der Waals surface area (Å²) in [6, 6.07) is 8.96. The Morgan fingerprint density at radius 1 is 1.12 bits per heavy atom. The second-order valence-electron chi connectivity index (χ2n) is 7.96. The molecule has 1 saturated heterocycles. The SMILES string of the molecule is CCCCCN1C(=O)S/C(=C\c2ccc3c(cnn3Cc3ccc(Cl)cc3C(F)(F)F)c2)C1=O. The zero-order valence-electron chi connectivity index (χ0n) is 18.2. The fourth-order valence-electron chi connectivity index (χ4n) is 3.80. The van der Waals surface area contributed by atoms with Gasteiger partial charge in [0.15, 0.2) is 0 Å². The predicted molar refractivity (Wildman–Crippen MR) is 127 cm³/mol. The molecule has 1 fully saturated rings. The van der Waals surface area contributed by atoms with Crippen molar-refractivity contribution in [3.05, 3.63) is 69.2 Å². The van der Waals surface area contributed by atoms with Crippen LogP contribution in [-0.2, 0) is 17.5 Å². The number of unbranched alkanes of at least 4 members (excludes halogenated alkanes) is 2. The molecule has 0 atom stereocenters. The van der Waals surface area contributed by atoms with Gasteiger partial charge in [-0.1, -0.05) is 43.5 Å². The van der Waals surface area contributed by atoms with Gasteiger partial charge in [-0.2, -0.15) is 18.3 Å². The first-order valence-electron chi connectivity index (χ1n) is 10.7. The van der Waals surface area contributed by atoms with Crippen LogP contribution >= 0.6 is 23.4 Å². The first-order chi connectivity index (χ1) is 16.2. The Hall–Kier alpha value is -2.78. The Balaban J connectivity index is 1.57. The lowest BCUT2D eigenvalue weighted by Gasteiger charge is -2.14. The van der Waals surface area contributed by atoms with Crippen LogP contribution in [-0.4, -0.2) is 32.4 Å². The molecule has 5 nitrogen and oxygen atoms in total. The maximum atomic E-state index is 13.4. The first-order valence-corrected chi connectivity index (χ1v) is 11.9. The molecule has 0 N–H and O–H groups in total. The smallest absolute Gasteiger partial charge is 0.268 e. The van der Waals surface area contributed by atoms with Crippen molar-refractivity contribution in [1.29, 1.82) is 0 Å². The van der Waals surface area contributed by atoms with E-state index < -0.39 is 11.7 Å². The van der Waals surface area contributed by atoms with Gasteiger partial charge >= 0.3 is 6.18 Å². The van der Waals surface area contributed by atoms with Gasteiger partial charge in [0.05, 0.1) is 28.7 Å². The van der Waals surface area contributed by atoms with Crippen LogP contribution in [0.2, 0.25) is 5.02 Å². The molecule has 10 heteroatoms. The minimum Gasteiger partial charge on any atom is -0.268 e. The lowest BCUT2D eigenvalue weighted by atomic mass is 10.1. The minimum atomic E-state index is -4.53. The number of hydrogen-bond acceptors (Lipinski definition) is 4. The van der Waals surface area contributed by atoms with Crippen LogP contribution in [0.3, 0.4) is 0 Å². The average Bonchev–Trinajstić information content (AvgIpc) is 3.29. The molecule has 4 rings (SSSR count). The summed E-state index contributed by atoms with van der Waals surface area (Å²) in [6.45, 7) is 2.38. The number of fused-ring (bicyclic) bond motifs is 1. The fraction of sp³-hybridized carbons (Fsp3) is 0.292. The zero-order chi connectivity index (χ0) is 24.5. The molecule has 0 spiro atoms. The number of carbonyl (C=O) groups excluding carboxylic acids is 2. The van der Waals surface area contributed by atoms with Crippen molar-refractivity contribution in [2.75, 3.05) is 6.54 Å². The van der Waals surface area contributed by atoms with E-state index in [1.807, 2.05) is 0 Å². The number of thioether (sulfide) groups is 1. The lowest BCUT2D eigenvalue weighted by Crippen LogP contribution is -2.29. The standard InChI is InChI=1S/C24H21ClF3N3O2S/c1-2-3-4-9-30-22(32)21(34-23(30)33)11-15-5-8-20-17(10-15)13-29-31(20)14-16-6-7-18(25)12-19(16)24(26,27)28/h5-8,10-13H,2-4,9,14H2,1H3/b21-11-. The number of amides is 2. The number of rotatable bonds is 7. The summed E-state index contributed by atoms with van der Waals surface area (Å²) >= 11 is 6.68. The normalized spacial score (nSPS) is 15.8. The molecule has 178 valence electrons. The molecule has 2 amide bonds. The highest BCUT2D eigenvalue weighted by Gasteiger charge is 2.35. The fourth-order valence-corrected chi connectivity index (χ4v) is 4.83. The molecular weight excluding hydrogens is 487 g/mol. The van der Waals surface area contributed by atoms with Gasteiger partial charge in [-0.25, -0.2) is 0 Å². The van der Waals surface area contributed by atoms with Crippen LogP contribution in [0.25, 0.3) is 17.0 Å². The number of benzene rings is 2. The summed E-state index contributed by atoms with van der Waals surface area (Å²) in [4.78, 5) is 26.5. The Bertz CT molecular complexity index is 1290. The van der Waals surface area contributed by atoms with Crippen LogP contribution < -0.4 is 0 Å². The molecule has 1 aromatic heterocycles. The van der Waals surface area contributed by atoms with Gasteiger partial charge in [0.2, 0.25) is 0 Å². The maximum absolute atomic E-state index is 13.4. The Kier molecular flexibility index (Phi) is 7.04. The van der Waals surface area contributed by atoms with Crippen molar-refractivity contribution < 1.29 is 22.8 Å². The van der Waals surface area contributed by atoms with E-state index in [0.29, 0.717) is 27.9 Å². The van der Waals surface area contributed by atoms with E-state index in [9.17, 15) is 22.8 Å². The quantitative estimate of drug-likeness (QED) is 0.255. The van der Waals surface area contributed by atoms with E-state index in [1.165, 1.54) is 21.7 Å². The van der Waals surface area contributed by atoms with E-state index in [1.54, 1.807) is 30.5 Å². The zero-order valence-corrected chi connectivity index (χ0v) is 19.8. The highest BCUT2D eigenvalue weighted by molar-refractivity contribution is 8.18. The summed E-state index contributed by atoms with van der Waals surface area (Å²) in [7, 11) is 0. The number of carbonyl (C=O) groups is 2. The molecule has 3 aromatic rings. The van der Waals surface area contributed by atoms with Crippen molar-refractivity contribution in [3.8, 4) is 0 Å². The first kappa shape index (κ1) is 24.3. The van der Waals surface area contributed by atoms with Crippen molar-refractivity contribution in [2.24, 2.45) is 0 Å². The molecule has 34 heavy (non-hydrogen) atoms. The average molecular weight is 508 g/mol. The Morgan fingerprint density at radius 3 is 2.65 bits per heavy atom. The van der Waals surface area contributed by atoms with Gasteiger partial charge in [0, 0.05) is 17.0 Å². The minimum absolute atomic E-state index is 0.0146. The number of hydrogen-bond donors (Lipinski definition) is 0. The molecule has 0 unspecified atom stereocenters.